The molecule has 0 bridgehead atoms. The van der Waals surface area contributed by atoms with Gasteiger partial charge in [-0.25, -0.2) is 9.78 Å². The zero-order valence-electron chi connectivity index (χ0n) is 13.3. The lowest BCUT2D eigenvalue weighted by molar-refractivity contribution is 0.0532. The maximum atomic E-state index is 11.7. The number of aromatic nitrogens is 2. The van der Waals surface area contributed by atoms with Crippen molar-refractivity contribution in [2.24, 2.45) is 0 Å². The number of benzene rings is 1. The molecule has 1 unspecified atom stereocenters. The van der Waals surface area contributed by atoms with Crippen LogP contribution in [0.1, 0.15) is 28.3 Å². The van der Waals surface area contributed by atoms with Crippen molar-refractivity contribution in [3.05, 3.63) is 53.2 Å². The number of nitrogens with one attached hydrogen (secondary N) is 1. The van der Waals surface area contributed by atoms with E-state index in [1.54, 1.807) is 13.0 Å². The zero-order valence-corrected chi connectivity index (χ0v) is 14.1. The Hall–Kier alpha value is -3.18. The molecule has 1 atom stereocenters. The molecule has 0 amide bonds. The van der Waals surface area contributed by atoms with E-state index in [9.17, 15) is 10.1 Å². The SMILES string of the molecule is CCOC(=O)c1cnc(NC(C#N)c2cc(-c3ccccc3)on2)s1. The largest absolute Gasteiger partial charge is 0.462 e. The molecule has 0 spiro atoms. The smallest absolute Gasteiger partial charge is 0.350 e. The molecule has 0 aliphatic carbocycles. The number of thiazole rings is 1. The van der Waals surface area contributed by atoms with Crippen molar-refractivity contribution in [3.63, 3.8) is 0 Å². The second-order valence-electron chi connectivity index (χ2n) is 4.94. The van der Waals surface area contributed by atoms with Crippen LogP contribution in [0, 0.1) is 11.3 Å². The summed E-state index contributed by atoms with van der Waals surface area (Å²) in [5.74, 6) is 0.137. The molecule has 0 fully saturated rings. The number of hydrogen-bond donors (Lipinski definition) is 1. The van der Waals surface area contributed by atoms with Gasteiger partial charge in [0.15, 0.2) is 16.9 Å². The van der Waals surface area contributed by atoms with Gasteiger partial charge in [-0.2, -0.15) is 5.26 Å². The van der Waals surface area contributed by atoms with Gasteiger partial charge >= 0.3 is 5.97 Å². The Morgan fingerprint density at radius 3 is 2.96 bits per heavy atom. The first-order chi connectivity index (χ1) is 12.2. The minimum atomic E-state index is -0.748. The number of nitriles is 1. The van der Waals surface area contributed by atoms with Crippen LogP contribution < -0.4 is 5.32 Å². The summed E-state index contributed by atoms with van der Waals surface area (Å²) in [7, 11) is 0. The van der Waals surface area contributed by atoms with Crippen molar-refractivity contribution in [3.8, 4) is 17.4 Å². The Kier molecular flexibility index (Phi) is 5.06. The van der Waals surface area contributed by atoms with Gasteiger partial charge in [-0.1, -0.05) is 46.8 Å². The number of rotatable bonds is 6. The lowest BCUT2D eigenvalue weighted by atomic mass is 10.1. The van der Waals surface area contributed by atoms with E-state index >= 15 is 0 Å². The molecule has 0 saturated carbocycles. The first-order valence-electron chi connectivity index (χ1n) is 7.52. The highest BCUT2D eigenvalue weighted by Gasteiger charge is 2.19. The van der Waals surface area contributed by atoms with Crippen LogP contribution in [0.3, 0.4) is 0 Å². The second kappa shape index (κ2) is 7.59. The molecule has 1 N–H and O–H groups in total. The summed E-state index contributed by atoms with van der Waals surface area (Å²) in [6.07, 6.45) is 1.41. The number of ether oxygens (including phenoxy) is 1. The fraction of sp³-hybridized carbons (Fsp3) is 0.176. The quantitative estimate of drug-likeness (QED) is 0.674. The average molecular weight is 354 g/mol. The third kappa shape index (κ3) is 3.84. The van der Waals surface area contributed by atoms with Crippen molar-refractivity contribution >= 4 is 22.4 Å². The number of hydrogen-bond acceptors (Lipinski definition) is 8. The summed E-state index contributed by atoms with van der Waals surface area (Å²) in [6, 6.07) is 12.6. The zero-order chi connectivity index (χ0) is 17.6. The third-order valence-corrected chi connectivity index (χ3v) is 4.17. The molecule has 25 heavy (non-hydrogen) atoms. The fourth-order valence-corrected chi connectivity index (χ4v) is 2.83. The van der Waals surface area contributed by atoms with Crippen LogP contribution in [0.2, 0.25) is 0 Å². The highest BCUT2D eigenvalue weighted by molar-refractivity contribution is 7.17. The van der Waals surface area contributed by atoms with E-state index in [0.29, 0.717) is 28.1 Å². The van der Waals surface area contributed by atoms with Crippen LogP contribution in [0.4, 0.5) is 5.13 Å². The normalized spacial score (nSPS) is 11.5. The lowest BCUT2D eigenvalue weighted by Crippen LogP contribution is -2.08. The molecule has 0 aliphatic rings. The molecular formula is C17H14N4O3S. The van der Waals surface area contributed by atoms with E-state index in [-0.39, 0.29) is 0 Å². The van der Waals surface area contributed by atoms with Crippen LogP contribution >= 0.6 is 11.3 Å². The molecule has 1 aromatic carbocycles. The maximum Gasteiger partial charge on any atom is 0.350 e. The van der Waals surface area contributed by atoms with Gasteiger partial charge < -0.3 is 14.6 Å². The Balaban J connectivity index is 1.75. The van der Waals surface area contributed by atoms with E-state index in [0.717, 1.165) is 16.9 Å². The van der Waals surface area contributed by atoms with Gasteiger partial charge in [-0.3, -0.25) is 0 Å². The predicted octanol–water partition coefficient (Wildman–Crippen LogP) is 3.65. The summed E-state index contributed by atoms with van der Waals surface area (Å²) in [5, 5.41) is 16.7. The Labute approximate surface area is 147 Å². The van der Waals surface area contributed by atoms with Gasteiger partial charge in [0.1, 0.15) is 10.6 Å². The average Bonchev–Trinajstić information content (AvgIpc) is 3.30. The standard InChI is InChI=1S/C17H14N4O3S/c1-2-23-16(22)15-10-19-17(25-15)20-13(9-18)12-8-14(24-21-12)11-6-4-3-5-7-11/h3-8,10,13H,2H2,1H3,(H,19,20). The first kappa shape index (κ1) is 16.7. The molecule has 8 heteroatoms. The highest BCUT2D eigenvalue weighted by Crippen LogP contribution is 2.27. The molecule has 3 aromatic rings. The van der Waals surface area contributed by atoms with Crippen molar-refractivity contribution in [1.82, 2.24) is 10.1 Å². The van der Waals surface area contributed by atoms with Crippen molar-refractivity contribution in [1.29, 1.82) is 5.26 Å². The van der Waals surface area contributed by atoms with E-state index in [2.05, 4.69) is 21.5 Å². The Morgan fingerprint density at radius 2 is 2.24 bits per heavy atom. The number of carbonyl (C=O) groups excluding carboxylic acids is 1. The monoisotopic (exact) mass is 354 g/mol. The second-order valence-corrected chi connectivity index (χ2v) is 5.97. The van der Waals surface area contributed by atoms with Gasteiger partial charge in [0, 0.05) is 11.6 Å². The van der Waals surface area contributed by atoms with E-state index in [4.69, 9.17) is 9.26 Å². The van der Waals surface area contributed by atoms with Gasteiger partial charge in [-0.05, 0) is 6.92 Å². The van der Waals surface area contributed by atoms with E-state index in [1.807, 2.05) is 30.3 Å². The van der Waals surface area contributed by atoms with E-state index < -0.39 is 12.0 Å². The van der Waals surface area contributed by atoms with Crippen molar-refractivity contribution in [2.45, 2.75) is 13.0 Å². The summed E-state index contributed by atoms with van der Waals surface area (Å²) in [5.41, 5.74) is 1.31. The third-order valence-electron chi connectivity index (χ3n) is 3.26. The van der Waals surface area contributed by atoms with Gasteiger partial charge in [0.05, 0.1) is 18.9 Å². The van der Waals surface area contributed by atoms with Crippen LogP contribution in [-0.4, -0.2) is 22.7 Å². The van der Waals surface area contributed by atoms with E-state index in [1.165, 1.54) is 6.20 Å². The maximum absolute atomic E-state index is 11.7. The lowest BCUT2D eigenvalue weighted by Gasteiger charge is -2.05. The Bertz CT molecular complexity index is 898. The molecule has 3 rings (SSSR count). The molecule has 2 aromatic heterocycles. The number of esters is 1. The minimum Gasteiger partial charge on any atom is -0.462 e. The number of anilines is 1. The Morgan fingerprint density at radius 1 is 1.44 bits per heavy atom. The summed E-state index contributed by atoms with van der Waals surface area (Å²) in [6.45, 7) is 2.03. The van der Waals surface area contributed by atoms with Crippen LogP contribution in [0.15, 0.2) is 47.1 Å². The molecule has 0 radical (unpaired) electrons. The summed E-state index contributed by atoms with van der Waals surface area (Å²) < 4.78 is 10.2. The van der Waals surface area contributed by atoms with Gasteiger partial charge in [0.25, 0.3) is 0 Å². The minimum absolute atomic E-state index is 0.293. The summed E-state index contributed by atoms with van der Waals surface area (Å²) in [4.78, 5) is 16.1. The van der Waals surface area contributed by atoms with Gasteiger partial charge in [0.2, 0.25) is 0 Å². The molecule has 0 saturated heterocycles. The molecule has 7 nitrogen and oxygen atoms in total. The molecule has 2 heterocycles. The van der Waals surface area contributed by atoms with Crippen LogP contribution in [-0.2, 0) is 4.74 Å². The fourth-order valence-electron chi connectivity index (χ4n) is 2.10. The molecule has 0 aliphatic heterocycles. The number of nitrogens with zero attached hydrogens (tertiary/aromatic N) is 3. The summed E-state index contributed by atoms with van der Waals surface area (Å²) >= 11 is 1.12. The molecular weight excluding hydrogens is 340 g/mol. The highest BCUT2D eigenvalue weighted by atomic mass is 32.1. The molecule has 126 valence electrons. The first-order valence-corrected chi connectivity index (χ1v) is 8.34. The predicted molar refractivity (Wildman–Crippen MR) is 92.0 cm³/mol. The van der Waals surface area contributed by atoms with Gasteiger partial charge in [-0.15, -0.1) is 0 Å². The van der Waals surface area contributed by atoms with Crippen LogP contribution in [0.5, 0.6) is 0 Å². The topological polar surface area (TPSA) is 101 Å². The van der Waals surface area contributed by atoms with Crippen LogP contribution in [0.25, 0.3) is 11.3 Å². The van der Waals surface area contributed by atoms with Crippen molar-refractivity contribution in [2.75, 3.05) is 11.9 Å². The van der Waals surface area contributed by atoms with Crippen molar-refractivity contribution < 1.29 is 14.1 Å². The number of carbonyl (C=O) groups is 1.